The maximum Gasteiger partial charge on any atom is 0.416 e. The number of alkyl halides is 3. The van der Waals surface area contributed by atoms with Gasteiger partial charge in [-0.2, -0.15) is 13.2 Å². The van der Waals surface area contributed by atoms with Crippen LogP contribution < -0.4 is 0 Å². The van der Waals surface area contributed by atoms with Crippen molar-refractivity contribution in [3.05, 3.63) is 68.7 Å². The molecule has 0 aliphatic carbocycles. The standard InChI is InChI=1S/C16H14BrF3O/c1-9-8-14(17)10(2)7-12(9)15(21)11-5-3-4-6-13(11)16(18,19)20/h3-8,15,21H,1-2H3. The van der Waals surface area contributed by atoms with Crippen LogP contribution in [0.5, 0.6) is 0 Å². The Balaban J connectivity index is 2.56. The van der Waals surface area contributed by atoms with Crippen LogP contribution in [-0.2, 0) is 6.18 Å². The van der Waals surface area contributed by atoms with Gasteiger partial charge >= 0.3 is 6.18 Å². The first-order chi connectivity index (χ1) is 9.71. The van der Waals surface area contributed by atoms with Crippen LogP contribution in [0.1, 0.15) is 33.9 Å². The molecule has 0 amide bonds. The molecule has 0 radical (unpaired) electrons. The monoisotopic (exact) mass is 358 g/mol. The number of rotatable bonds is 2. The molecule has 112 valence electrons. The minimum absolute atomic E-state index is 0.130. The van der Waals surface area contributed by atoms with Crippen molar-refractivity contribution in [1.82, 2.24) is 0 Å². The highest BCUT2D eigenvalue weighted by Crippen LogP contribution is 2.37. The number of benzene rings is 2. The van der Waals surface area contributed by atoms with Gasteiger partial charge in [-0.05, 0) is 48.2 Å². The van der Waals surface area contributed by atoms with Gasteiger partial charge in [0.1, 0.15) is 6.10 Å². The van der Waals surface area contributed by atoms with Crippen molar-refractivity contribution in [2.24, 2.45) is 0 Å². The molecular weight excluding hydrogens is 345 g/mol. The molecule has 0 saturated carbocycles. The largest absolute Gasteiger partial charge is 0.416 e. The third-order valence-corrected chi connectivity index (χ3v) is 4.26. The van der Waals surface area contributed by atoms with E-state index < -0.39 is 17.8 Å². The molecule has 0 heterocycles. The van der Waals surface area contributed by atoms with Crippen molar-refractivity contribution >= 4 is 15.9 Å². The first kappa shape index (κ1) is 16.0. The molecule has 1 atom stereocenters. The minimum Gasteiger partial charge on any atom is -0.384 e. The zero-order chi connectivity index (χ0) is 15.8. The average Bonchev–Trinajstić information content (AvgIpc) is 2.41. The number of hydrogen-bond donors (Lipinski definition) is 1. The molecule has 1 N–H and O–H groups in total. The fourth-order valence-electron chi connectivity index (χ4n) is 2.26. The molecule has 2 aromatic rings. The maximum atomic E-state index is 13.0. The molecule has 21 heavy (non-hydrogen) atoms. The molecule has 2 rings (SSSR count). The third-order valence-electron chi connectivity index (χ3n) is 3.40. The molecule has 0 aromatic heterocycles. The van der Waals surface area contributed by atoms with Crippen molar-refractivity contribution < 1.29 is 18.3 Å². The summed E-state index contributed by atoms with van der Waals surface area (Å²) in [5, 5.41) is 10.4. The molecule has 1 nitrogen and oxygen atoms in total. The van der Waals surface area contributed by atoms with E-state index in [1.54, 1.807) is 19.1 Å². The van der Waals surface area contributed by atoms with Crippen LogP contribution in [-0.4, -0.2) is 5.11 Å². The predicted octanol–water partition coefficient (Wildman–Crippen LogP) is 5.17. The average molecular weight is 359 g/mol. The number of halogens is 4. The maximum absolute atomic E-state index is 13.0. The van der Waals surface area contributed by atoms with Gasteiger partial charge < -0.3 is 5.11 Å². The highest BCUT2D eigenvalue weighted by molar-refractivity contribution is 9.10. The normalized spacial score (nSPS) is 13.3. The topological polar surface area (TPSA) is 20.2 Å². The predicted molar refractivity (Wildman–Crippen MR) is 79.1 cm³/mol. The molecule has 0 saturated heterocycles. The minimum atomic E-state index is -4.49. The van der Waals surface area contributed by atoms with Gasteiger partial charge in [-0.3, -0.25) is 0 Å². The number of aliphatic hydroxyl groups excluding tert-OH is 1. The quantitative estimate of drug-likeness (QED) is 0.785. The van der Waals surface area contributed by atoms with E-state index in [1.807, 2.05) is 6.92 Å². The van der Waals surface area contributed by atoms with Gasteiger partial charge in [-0.1, -0.05) is 40.2 Å². The Morgan fingerprint density at radius 2 is 1.62 bits per heavy atom. The van der Waals surface area contributed by atoms with Gasteiger partial charge in [-0.15, -0.1) is 0 Å². The van der Waals surface area contributed by atoms with E-state index in [-0.39, 0.29) is 5.56 Å². The SMILES string of the molecule is Cc1cc(C(O)c2ccccc2C(F)(F)F)c(C)cc1Br. The lowest BCUT2D eigenvalue weighted by Crippen LogP contribution is -2.13. The third kappa shape index (κ3) is 3.30. The van der Waals surface area contributed by atoms with Crippen molar-refractivity contribution in [3.63, 3.8) is 0 Å². The van der Waals surface area contributed by atoms with Crippen molar-refractivity contribution in [2.75, 3.05) is 0 Å². The molecule has 0 fully saturated rings. The van der Waals surface area contributed by atoms with E-state index in [4.69, 9.17) is 0 Å². The summed E-state index contributed by atoms with van der Waals surface area (Å²) >= 11 is 3.37. The summed E-state index contributed by atoms with van der Waals surface area (Å²) in [5.41, 5.74) is 1.13. The van der Waals surface area contributed by atoms with Gasteiger partial charge in [0.05, 0.1) is 5.56 Å². The van der Waals surface area contributed by atoms with E-state index in [0.29, 0.717) is 5.56 Å². The lowest BCUT2D eigenvalue weighted by Gasteiger charge is -2.20. The first-order valence-electron chi connectivity index (χ1n) is 6.32. The summed E-state index contributed by atoms with van der Waals surface area (Å²) in [6.07, 6.45) is -5.80. The fourth-order valence-corrected chi connectivity index (χ4v) is 2.72. The second-order valence-electron chi connectivity index (χ2n) is 4.95. The summed E-state index contributed by atoms with van der Waals surface area (Å²) < 4.78 is 40.0. The van der Waals surface area contributed by atoms with Gasteiger partial charge in [0.2, 0.25) is 0 Å². The molecule has 1 unspecified atom stereocenters. The van der Waals surface area contributed by atoms with E-state index in [0.717, 1.165) is 21.7 Å². The second-order valence-corrected chi connectivity index (χ2v) is 5.80. The van der Waals surface area contributed by atoms with E-state index >= 15 is 0 Å². The van der Waals surface area contributed by atoms with Crippen LogP contribution >= 0.6 is 15.9 Å². The van der Waals surface area contributed by atoms with Gasteiger partial charge in [-0.25, -0.2) is 0 Å². The Morgan fingerprint density at radius 1 is 1.00 bits per heavy atom. The Kier molecular flexibility index (Phi) is 4.44. The summed E-state index contributed by atoms with van der Waals surface area (Å²) in [6, 6.07) is 8.61. The molecular formula is C16H14BrF3O. The smallest absolute Gasteiger partial charge is 0.384 e. The van der Waals surface area contributed by atoms with E-state index in [2.05, 4.69) is 15.9 Å². The van der Waals surface area contributed by atoms with Crippen LogP contribution in [0.4, 0.5) is 13.2 Å². The Morgan fingerprint density at radius 3 is 2.24 bits per heavy atom. The first-order valence-corrected chi connectivity index (χ1v) is 7.12. The summed E-state index contributed by atoms with van der Waals surface area (Å²) in [5.74, 6) is 0. The van der Waals surface area contributed by atoms with Crippen LogP contribution in [0, 0.1) is 13.8 Å². The van der Waals surface area contributed by atoms with Crippen molar-refractivity contribution in [1.29, 1.82) is 0 Å². The van der Waals surface area contributed by atoms with Gasteiger partial charge in [0.25, 0.3) is 0 Å². The molecule has 2 aromatic carbocycles. The molecule has 0 aliphatic rings. The van der Waals surface area contributed by atoms with Crippen LogP contribution in [0.15, 0.2) is 40.9 Å². The van der Waals surface area contributed by atoms with E-state index in [9.17, 15) is 18.3 Å². The number of aryl methyl sites for hydroxylation is 2. The Hall–Kier alpha value is -1.33. The highest BCUT2D eigenvalue weighted by Gasteiger charge is 2.35. The lowest BCUT2D eigenvalue weighted by molar-refractivity contribution is -0.139. The summed E-state index contributed by atoms with van der Waals surface area (Å²) in [7, 11) is 0. The van der Waals surface area contributed by atoms with Crippen molar-refractivity contribution in [3.8, 4) is 0 Å². The molecule has 0 aliphatic heterocycles. The summed E-state index contributed by atoms with van der Waals surface area (Å²) in [4.78, 5) is 0. The lowest BCUT2D eigenvalue weighted by atomic mass is 9.93. The van der Waals surface area contributed by atoms with Crippen LogP contribution in [0.25, 0.3) is 0 Å². The van der Waals surface area contributed by atoms with Crippen molar-refractivity contribution in [2.45, 2.75) is 26.1 Å². The van der Waals surface area contributed by atoms with Gasteiger partial charge in [0, 0.05) is 4.47 Å². The Bertz CT molecular complexity index is 665. The molecule has 5 heteroatoms. The number of aliphatic hydroxyl groups is 1. The van der Waals surface area contributed by atoms with Gasteiger partial charge in [0.15, 0.2) is 0 Å². The molecule has 0 bridgehead atoms. The highest BCUT2D eigenvalue weighted by atomic mass is 79.9. The number of hydrogen-bond acceptors (Lipinski definition) is 1. The zero-order valence-corrected chi connectivity index (χ0v) is 13.1. The fraction of sp³-hybridized carbons (Fsp3) is 0.250. The Labute approximate surface area is 129 Å². The summed E-state index contributed by atoms with van der Waals surface area (Å²) in [6.45, 7) is 3.59. The zero-order valence-electron chi connectivity index (χ0n) is 11.5. The van der Waals surface area contributed by atoms with E-state index in [1.165, 1.54) is 18.2 Å². The van der Waals surface area contributed by atoms with Crippen LogP contribution in [0.3, 0.4) is 0 Å². The second kappa shape index (κ2) is 5.81. The molecule has 0 spiro atoms. The van der Waals surface area contributed by atoms with Crippen LogP contribution in [0.2, 0.25) is 0 Å².